The normalized spacial score (nSPS) is 18.4. The molecule has 1 aliphatic rings. The molecular weight excluding hydrogens is 238 g/mol. The maximum absolute atomic E-state index is 11.8. The lowest BCUT2D eigenvalue weighted by Gasteiger charge is -2.22. The number of ether oxygens (including phenoxy) is 1. The molecule has 0 amide bonds. The Morgan fingerprint density at radius 3 is 2.41 bits per heavy atom. The van der Waals surface area contributed by atoms with Gasteiger partial charge in [0.05, 0.1) is 5.75 Å². The van der Waals surface area contributed by atoms with Crippen molar-refractivity contribution in [2.24, 2.45) is 0 Å². The van der Waals surface area contributed by atoms with Crippen molar-refractivity contribution in [3.63, 3.8) is 0 Å². The molecule has 1 fully saturated rings. The second-order valence-corrected chi connectivity index (χ2v) is 6.61. The molecule has 0 aromatic rings. The van der Waals surface area contributed by atoms with Gasteiger partial charge in [0, 0.05) is 19.3 Å². The predicted octanol–water partition coefficient (Wildman–Crippen LogP) is 2.06. The first-order valence-electron chi connectivity index (χ1n) is 6.72. The van der Waals surface area contributed by atoms with Gasteiger partial charge in [-0.25, -0.2) is 13.1 Å². The van der Waals surface area contributed by atoms with Crippen LogP contribution in [0.2, 0.25) is 0 Å². The zero-order valence-electron chi connectivity index (χ0n) is 10.8. The van der Waals surface area contributed by atoms with Crippen molar-refractivity contribution in [1.82, 2.24) is 4.72 Å². The second-order valence-electron chi connectivity index (χ2n) is 4.74. The van der Waals surface area contributed by atoms with Crippen molar-refractivity contribution >= 4 is 10.0 Å². The molecule has 4 nitrogen and oxygen atoms in total. The summed E-state index contributed by atoms with van der Waals surface area (Å²) >= 11 is 0. The monoisotopic (exact) mass is 263 g/mol. The highest BCUT2D eigenvalue weighted by molar-refractivity contribution is 7.89. The van der Waals surface area contributed by atoms with Crippen LogP contribution in [0.3, 0.4) is 0 Å². The van der Waals surface area contributed by atoms with Crippen molar-refractivity contribution in [2.45, 2.75) is 57.9 Å². The summed E-state index contributed by atoms with van der Waals surface area (Å²) in [5, 5.41) is 0. The Labute approximate surface area is 105 Å². The lowest BCUT2D eigenvalue weighted by Crippen LogP contribution is -2.39. The topological polar surface area (TPSA) is 55.4 Å². The van der Waals surface area contributed by atoms with E-state index < -0.39 is 10.0 Å². The van der Waals surface area contributed by atoms with Crippen LogP contribution in [-0.4, -0.2) is 33.4 Å². The van der Waals surface area contributed by atoms with Crippen LogP contribution in [0.4, 0.5) is 0 Å². The number of sulfonamides is 1. The van der Waals surface area contributed by atoms with Crippen LogP contribution in [0.15, 0.2) is 0 Å². The number of hydrogen-bond acceptors (Lipinski definition) is 3. The van der Waals surface area contributed by atoms with Gasteiger partial charge >= 0.3 is 0 Å². The number of unbranched alkanes of at least 4 members (excludes halogenated alkanes) is 4. The molecule has 102 valence electrons. The van der Waals surface area contributed by atoms with Gasteiger partial charge in [-0.2, -0.15) is 0 Å². The van der Waals surface area contributed by atoms with Crippen molar-refractivity contribution in [1.29, 1.82) is 0 Å². The lowest BCUT2D eigenvalue weighted by atomic mass is 10.1. The third-order valence-corrected chi connectivity index (χ3v) is 4.60. The van der Waals surface area contributed by atoms with Crippen LogP contribution in [0, 0.1) is 0 Å². The van der Waals surface area contributed by atoms with Gasteiger partial charge in [0.2, 0.25) is 10.0 Å². The van der Waals surface area contributed by atoms with E-state index in [1.54, 1.807) is 0 Å². The minimum Gasteiger partial charge on any atom is -0.381 e. The summed E-state index contributed by atoms with van der Waals surface area (Å²) < 4.78 is 31.5. The fraction of sp³-hybridized carbons (Fsp3) is 1.00. The van der Waals surface area contributed by atoms with Crippen LogP contribution in [0.5, 0.6) is 0 Å². The van der Waals surface area contributed by atoms with Gasteiger partial charge in [0.15, 0.2) is 0 Å². The molecule has 1 rings (SSSR count). The molecule has 0 bridgehead atoms. The summed E-state index contributed by atoms with van der Waals surface area (Å²) in [5.74, 6) is 0.272. The van der Waals surface area contributed by atoms with E-state index in [4.69, 9.17) is 4.74 Å². The fourth-order valence-electron chi connectivity index (χ4n) is 2.02. The van der Waals surface area contributed by atoms with Crippen molar-refractivity contribution in [3.8, 4) is 0 Å². The molecule has 1 saturated heterocycles. The standard InChI is InChI=1S/C12H25NO3S/c1-2-3-4-5-6-11-17(14,15)13-12-7-9-16-10-8-12/h12-13H,2-11H2,1H3. The summed E-state index contributed by atoms with van der Waals surface area (Å²) in [5.41, 5.74) is 0. The quantitative estimate of drug-likeness (QED) is 0.682. The van der Waals surface area contributed by atoms with Gasteiger partial charge in [-0.05, 0) is 19.3 Å². The first kappa shape index (κ1) is 14.9. The number of rotatable bonds is 8. The highest BCUT2D eigenvalue weighted by atomic mass is 32.2. The zero-order chi connectivity index (χ0) is 12.6. The third-order valence-electron chi connectivity index (χ3n) is 3.08. The van der Waals surface area contributed by atoms with Crippen molar-refractivity contribution in [2.75, 3.05) is 19.0 Å². The molecule has 0 aromatic carbocycles. The van der Waals surface area contributed by atoms with Crippen LogP contribution in [0.25, 0.3) is 0 Å². The van der Waals surface area contributed by atoms with Gasteiger partial charge in [0.25, 0.3) is 0 Å². The average Bonchev–Trinajstić information content (AvgIpc) is 2.29. The van der Waals surface area contributed by atoms with Crippen molar-refractivity contribution in [3.05, 3.63) is 0 Å². The van der Waals surface area contributed by atoms with Gasteiger partial charge in [-0.1, -0.05) is 32.6 Å². The largest absolute Gasteiger partial charge is 0.381 e. The summed E-state index contributed by atoms with van der Waals surface area (Å²) in [4.78, 5) is 0. The molecule has 0 aromatic heterocycles. The lowest BCUT2D eigenvalue weighted by molar-refractivity contribution is 0.0832. The molecule has 1 N–H and O–H groups in total. The molecule has 0 radical (unpaired) electrons. The highest BCUT2D eigenvalue weighted by Gasteiger charge is 2.19. The fourth-order valence-corrected chi connectivity index (χ4v) is 3.47. The Kier molecular flexibility index (Phi) is 7.08. The first-order valence-corrected chi connectivity index (χ1v) is 8.37. The molecular formula is C12H25NO3S. The van der Waals surface area contributed by atoms with E-state index in [0.717, 1.165) is 32.1 Å². The van der Waals surface area contributed by atoms with Crippen LogP contribution >= 0.6 is 0 Å². The van der Waals surface area contributed by atoms with E-state index in [0.29, 0.717) is 13.2 Å². The van der Waals surface area contributed by atoms with Gasteiger partial charge in [0.1, 0.15) is 0 Å². The Morgan fingerprint density at radius 2 is 1.76 bits per heavy atom. The number of hydrogen-bond donors (Lipinski definition) is 1. The Morgan fingerprint density at radius 1 is 1.12 bits per heavy atom. The smallest absolute Gasteiger partial charge is 0.211 e. The van der Waals surface area contributed by atoms with Crippen LogP contribution in [-0.2, 0) is 14.8 Å². The molecule has 0 saturated carbocycles. The van der Waals surface area contributed by atoms with E-state index in [9.17, 15) is 8.42 Å². The molecule has 0 aliphatic carbocycles. The van der Waals surface area contributed by atoms with Gasteiger partial charge in [-0.15, -0.1) is 0 Å². The van der Waals surface area contributed by atoms with Crippen LogP contribution < -0.4 is 4.72 Å². The minimum atomic E-state index is -3.07. The Hall–Kier alpha value is -0.130. The maximum atomic E-state index is 11.8. The molecule has 1 heterocycles. The molecule has 0 atom stereocenters. The SMILES string of the molecule is CCCCCCCS(=O)(=O)NC1CCOCC1. The Bertz CT molecular complexity index is 284. The van der Waals surface area contributed by atoms with E-state index in [1.807, 2.05) is 0 Å². The predicted molar refractivity (Wildman–Crippen MR) is 69.5 cm³/mol. The van der Waals surface area contributed by atoms with Gasteiger partial charge < -0.3 is 4.74 Å². The molecule has 1 aliphatic heterocycles. The maximum Gasteiger partial charge on any atom is 0.211 e. The molecule has 5 heteroatoms. The van der Waals surface area contributed by atoms with E-state index in [2.05, 4.69) is 11.6 Å². The molecule has 17 heavy (non-hydrogen) atoms. The first-order chi connectivity index (χ1) is 8.14. The average molecular weight is 263 g/mol. The summed E-state index contributed by atoms with van der Waals surface area (Å²) in [6.45, 7) is 3.50. The Balaban J connectivity index is 2.16. The minimum absolute atomic E-state index is 0.0874. The zero-order valence-corrected chi connectivity index (χ0v) is 11.6. The summed E-state index contributed by atoms with van der Waals surface area (Å²) in [7, 11) is -3.07. The highest BCUT2D eigenvalue weighted by Crippen LogP contribution is 2.09. The van der Waals surface area contributed by atoms with Crippen molar-refractivity contribution < 1.29 is 13.2 Å². The van der Waals surface area contributed by atoms with E-state index >= 15 is 0 Å². The van der Waals surface area contributed by atoms with Crippen LogP contribution in [0.1, 0.15) is 51.9 Å². The van der Waals surface area contributed by atoms with E-state index in [-0.39, 0.29) is 11.8 Å². The summed E-state index contributed by atoms with van der Waals surface area (Å²) in [6.07, 6.45) is 6.93. The molecule has 0 unspecified atom stereocenters. The number of nitrogens with one attached hydrogen (secondary N) is 1. The third kappa shape index (κ3) is 7.01. The summed E-state index contributed by atoms with van der Waals surface area (Å²) in [6, 6.07) is 0.0874. The van der Waals surface area contributed by atoms with Gasteiger partial charge in [-0.3, -0.25) is 0 Å². The second kappa shape index (κ2) is 8.06. The molecule has 0 spiro atoms. The van der Waals surface area contributed by atoms with E-state index in [1.165, 1.54) is 12.8 Å².